The Balaban J connectivity index is 1.70. The van der Waals surface area contributed by atoms with Crippen LogP contribution in [0.3, 0.4) is 0 Å². The van der Waals surface area contributed by atoms with Gasteiger partial charge in [0, 0.05) is 31.0 Å². The maximum Gasteiger partial charge on any atom is 0.217 e. The quantitative estimate of drug-likeness (QED) is 0.567. The van der Waals surface area contributed by atoms with E-state index in [4.69, 9.17) is 10.3 Å². The van der Waals surface area contributed by atoms with E-state index in [9.17, 15) is 4.79 Å². The van der Waals surface area contributed by atoms with Crippen molar-refractivity contribution >= 4 is 17.7 Å². The van der Waals surface area contributed by atoms with E-state index in [1.165, 1.54) is 0 Å². The van der Waals surface area contributed by atoms with E-state index in [2.05, 4.69) is 33.8 Å². The molecule has 3 rings (SSSR count). The first kappa shape index (κ1) is 19.2. The number of nitrogens with two attached hydrogens (primary N) is 1. The van der Waals surface area contributed by atoms with Gasteiger partial charge < -0.3 is 14.8 Å². The van der Waals surface area contributed by atoms with Crippen LogP contribution in [0.1, 0.15) is 31.9 Å². The Morgan fingerprint density at radius 2 is 2.04 bits per heavy atom. The van der Waals surface area contributed by atoms with Crippen molar-refractivity contribution < 1.29 is 9.32 Å². The molecule has 0 atom stereocenters. The molecule has 2 heterocycles. The molecule has 8 heteroatoms. The maximum atomic E-state index is 11.1. The summed E-state index contributed by atoms with van der Waals surface area (Å²) in [5.41, 5.74) is 7.10. The molecule has 0 saturated carbocycles. The lowest BCUT2D eigenvalue weighted by atomic mass is 10.1. The summed E-state index contributed by atoms with van der Waals surface area (Å²) in [6.45, 7) is 5.05. The smallest absolute Gasteiger partial charge is 0.217 e. The first-order chi connectivity index (χ1) is 13.0. The fourth-order valence-corrected chi connectivity index (χ4v) is 3.50. The van der Waals surface area contributed by atoms with E-state index in [1.54, 1.807) is 11.8 Å². The molecule has 1 aromatic carbocycles. The summed E-state index contributed by atoms with van der Waals surface area (Å²) in [5.74, 6) is 2.26. The van der Waals surface area contributed by atoms with Crippen LogP contribution in [-0.4, -0.2) is 25.8 Å². The number of aryl methyl sites for hydroxylation is 1. The van der Waals surface area contributed by atoms with Gasteiger partial charge in [0.05, 0.1) is 5.75 Å². The third kappa shape index (κ3) is 5.19. The fourth-order valence-electron chi connectivity index (χ4n) is 2.66. The van der Waals surface area contributed by atoms with Crippen molar-refractivity contribution in [3.63, 3.8) is 0 Å². The molecule has 0 unspecified atom stereocenters. The Labute approximate surface area is 162 Å². The van der Waals surface area contributed by atoms with Crippen LogP contribution >= 0.6 is 11.8 Å². The van der Waals surface area contributed by atoms with Crippen molar-refractivity contribution in [3.8, 4) is 11.3 Å². The summed E-state index contributed by atoms with van der Waals surface area (Å²) < 4.78 is 7.52. The molecule has 0 radical (unpaired) electrons. The van der Waals surface area contributed by atoms with E-state index in [0.717, 1.165) is 34.5 Å². The van der Waals surface area contributed by atoms with Crippen LogP contribution in [0.2, 0.25) is 0 Å². The number of benzene rings is 1. The number of nitrogens with zero attached hydrogens (tertiary/aromatic N) is 4. The van der Waals surface area contributed by atoms with Gasteiger partial charge in [0.25, 0.3) is 0 Å². The van der Waals surface area contributed by atoms with Crippen molar-refractivity contribution in [3.05, 3.63) is 48.0 Å². The average Bonchev–Trinajstić information content (AvgIpc) is 3.26. The van der Waals surface area contributed by atoms with Gasteiger partial charge in [0.15, 0.2) is 5.16 Å². The summed E-state index contributed by atoms with van der Waals surface area (Å²) in [7, 11) is 0. The maximum absolute atomic E-state index is 11.1. The average molecular weight is 385 g/mol. The monoisotopic (exact) mass is 385 g/mol. The molecule has 0 spiro atoms. The second-order valence-corrected chi connectivity index (χ2v) is 7.65. The molecule has 0 aliphatic rings. The first-order valence-electron chi connectivity index (χ1n) is 8.87. The van der Waals surface area contributed by atoms with Crippen molar-refractivity contribution in [2.45, 2.75) is 44.1 Å². The molecular formula is C19H23N5O2S. The summed E-state index contributed by atoms with van der Waals surface area (Å²) in [6.07, 6.45) is 0.763. The topological polar surface area (TPSA) is 99.8 Å². The third-order valence-electron chi connectivity index (χ3n) is 3.91. The standard InChI is InChI=1S/C19H23N5O2S/c1-13(2)11-24-18(9-8-17(20)25)21-22-19(24)27-12-15-10-16(23-26-15)14-6-4-3-5-7-14/h3-7,10,13H,8-9,11-12H2,1-2H3,(H2,20,25). The van der Waals surface area contributed by atoms with Crippen LogP contribution in [0.15, 0.2) is 46.1 Å². The zero-order valence-corrected chi connectivity index (χ0v) is 16.3. The Morgan fingerprint density at radius 1 is 1.26 bits per heavy atom. The number of hydrogen-bond donors (Lipinski definition) is 1. The second-order valence-electron chi connectivity index (χ2n) is 6.70. The Morgan fingerprint density at radius 3 is 2.74 bits per heavy atom. The lowest BCUT2D eigenvalue weighted by Gasteiger charge is -2.11. The summed E-state index contributed by atoms with van der Waals surface area (Å²) >= 11 is 1.55. The van der Waals surface area contributed by atoms with Crippen LogP contribution < -0.4 is 5.73 Å². The lowest BCUT2D eigenvalue weighted by Crippen LogP contribution is -2.15. The van der Waals surface area contributed by atoms with E-state index in [0.29, 0.717) is 18.1 Å². The number of amides is 1. The van der Waals surface area contributed by atoms with E-state index in [1.807, 2.05) is 36.4 Å². The fraction of sp³-hybridized carbons (Fsp3) is 0.368. The molecule has 0 aliphatic heterocycles. The summed E-state index contributed by atoms with van der Waals surface area (Å²) in [5, 5.41) is 13.5. The van der Waals surface area contributed by atoms with Crippen LogP contribution in [0.4, 0.5) is 0 Å². The van der Waals surface area contributed by atoms with Crippen LogP contribution in [-0.2, 0) is 23.5 Å². The second kappa shape index (κ2) is 8.85. The molecule has 3 aromatic rings. The van der Waals surface area contributed by atoms with Gasteiger partial charge in [-0.25, -0.2) is 0 Å². The Bertz CT molecular complexity index is 889. The normalized spacial score (nSPS) is 11.2. The molecule has 0 aliphatic carbocycles. The SMILES string of the molecule is CC(C)Cn1c(CCC(N)=O)nnc1SCc1cc(-c2ccccc2)no1. The zero-order chi connectivity index (χ0) is 19.2. The van der Waals surface area contributed by atoms with E-state index < -0.39 is 0 Å². The van der Waals surface area contributed by atoms with Crippen LogP contribution in [0, 0.1) is 5.92 Å². The molecule has 0 saturated heterocycles. The zero-order valence-electron chi connectivity index (χ0n) is 15.5. The molecule has 0 fully saturated rings. The minimum absolute atomic E-state index is 0.267. The predicted octanol–water partition coefficient (Wildman–Crippen LogP) is 3.30. The van der Waals surface area contributed by atoms with Gasteiger partial charge in [-0.1, -0.05) is 61.1 Å². The number of aromatic nitrogens is 4. The van der Waals surface area contributed by atoms with Gasteiger partial charge in [0.1, 0.15) is 17.3 Å². The van der Waals surface area contributed by atoms with Gasteiger partial charge in [-0.05, 0) is 5.92 Å². The first-order valence-corrected chi connectivity index (χ1v) is 9.85. The van der Waals surface area contributed by atoms with Gasteiger partial charge in [-0.15, -0.1) is 10.2 Å². The largest absolute Gasteiger partial charge is 0.370 e. The van der Waals surface area contributed by atoms with E-state index >= 15 is 0 Å². The molecule has 0 bridgehead atoms. The van der Waals surface area contributed by atoms with Gasteiger partial charge in [-0.2, -0.15) is 0 Å². The number of rotatable bonds is 9. The number of carbonyl (C=O) groups is 1. The number of hydrogen-bond acceptors (Lipinski definition) is 6. The number of carbonyl (C=O) groups excluding carboxylic acids is 1. The van der Waals surface area contributed by atoms with Crippen molar-refractivity contribution in [2.24, 2.45) is 11.7 Å². The van der Waals surface area contributed by atoms with Crippen molar-refractivity contribution in [2.75, 3.05) is 0 Å². The molecule has 7 nitrogen and oxygen atoms in total. The molecule has 2 aromatic heterocycles. The summed E-state index contributed by atoms with van der Waals surface area (Å²) in [4.78, 5) is 11.1. The highest BCUT2D eigenvalue weighted by Crippen LogP contribution is 2.26. The molecular weight excluding hydrogens is 362 g/mol. The van der Waals surface area contributed by atoms with Gasteiger partial charge >= 0.3 is 0 Å². The highest BCUT2D eigenvalue weighted by molar-refractivity contribution is 7.98. The molecule has 142 valence electrons. The molecule has 1 amide bonds. The highest BCUT2D eigenvalue weighted by Gasteiger charge is 2.16. The molecule has 2 N–H and O–H groups in total. The Kier molecular flexibility index (Phi) is 6.28. The van der Waals surface area contributed by atoms with Crippen LogP contribution in [0.5, 0.6) is 0 Å². The Hall–Kier alpha value is -2.61. The van der Waals surface area contributed by atoms with Gasteiger partial charge in [0.2, 0.25) is 5.91 Å². The number of thioether (sulfide) groups is 1. The lowest BCUT2D eigenvalue weighted by molar-refractivity contribution is -0.118. The number of primary amides is 1. The van der Waals surface area contributed by atoms with E-state index in [-0.39, 0.29) is 12.3 Å². The van der Waals surface area contributed by atoms with Crippen molar-refractivity contribution in [1.29, 1.82) is 0 Å². The highest BCUT2D eigenvalue weighted by atomic mass is 32.2. The minimum atomic E-state index is -0.335. The molecule has 27 heavy (non-hydrogen) atoms. The van der Waals surface area contributed by atoms with Gasteiger partial charge in [-0.3, -0.25) is 4.79 Å². The summed E-state index contributed by atoms with van der Waals surface area (Å²) in [6, 6.07) is 11.9. The predicted molar refractivity (Wildman–Crippen MR) is 104 cm³/mol. The minimum Gasteiger partial charge on any atom is -0.370 e. The van der Waals surface area contributed by atoms with Crippen molar-refractivity contribution in [1.82, 2.24) is 19.9 Å². The van der Waals surface area contributed by atoms with Crippen LogP contribution in [0.25, 0.3) is 11.3 Å². The third-order valence-corrected chi connectivity index (χ3v) is 4.90.